The summed E-state index contributed by atoms with van der Waals surface area (Å²) in [7, 11) is 3.78. The lowest BCUT2D eigenvalue weighted by atomic mass is 10.1. The van der Waals surface area contributed by atoms with Crippen molar-refractivity contribution in [2.24, 2.45) is 7.05 Å². The number of aliphatic hydroxyl groups is 1. The Kier molecular flexibility index (Phi) is 3.19. The predicted molar refractivity (Wildman–Crippen MR) is 66.8 cm³/mol. The second kappa shape index (κ2) is 4.45. The van der Waals surface area contributed by atoms with Gasteiger partial charge in [-0.15, -0.1) is 0 Å². The molecule has 0 saturated carbocycles. The van der Waals surface area contributed by atoms with E-state index in [1.165, 1.54) is 0 Å². The van der Waals surface area contributed by atoms with Gasteiger partial charge in [-0.3, -0.25) is 0 Å². The van der Waals surface area contributed by atoms with E-state index < -0.39 is 6.10 Å². The maximum absolute atomic E-state index is 9.93. The maximum atomic E-state index is 9.93. The first-order valence-corrected chi connectivity index (χ1v) is 5.58. The Morgan fingerprint density at radius 1 is 1.50 bits per heavy atom. The van der Waals surface area contributed by atoms with Crippen molar-refractivity contribution in [1.82, 2.24) is 9.88 Å². The molecule has 86 valence electrons. The molecule has 0 fully saturated rings. The molecule has 0 bridgehead atoms. The normalized spacial score (nSPS) is 13.2. The molecule has 1 aromatic carbocycles. The molecule has 1 atom stereocenters. The summed E-state index contributed by atoms with van der Waals surface area (Å²) in [6.07, 6.45) is 1.41. The first-order chi connectivity index (χ1) is 7.63. The van der Waals surface area contributed by atoms with Crippen LogP contribution in [0, 0.1) is 0 Å². The number of rotatable bonds is 3. The van der Waals surface area contributed by atoms with Crippen molar-refractivity contribution in [3.05, 3.63) is 35.0 Å². The first-order valence-electron chi connectivity index (χ1n) is 5.20. The third-order valence-electron chi connectivity index (χ3n) is 2.76. The van der Waals surface area contributed by atoms with E-state index in [0.717, 1.165) is 16.5 Å². The Labute approximate surface area is 99.6 Å². The fraction of sp³-hybridized carbons (Fsp3) is 0.333. The number of aromatic nitrogens is 1. The number of benzene rings is 1. The van der Waals surface area contributed by atoms with Crippen LogP contribution in [0.15, 0.2) is 24.4 Å². The van der Waals surface area contributed by atoms with Gasteiger partial charge in [0.25, 0.3) is 0 Å². The van der Waals surface area contributed by atoms with Gasteiger partial charge in [0.2, 0.25) is 0 Å². The number of hydrogen-bond acceptors (Lipinski definition) is 2. The molecule has 3 nitrogen and oxygen atoms in total. The molecular formula is C12H15ClN2O. The monoisotopic (exact) mass is 238 g/mol. The Morgan fingerprint density at radius 2 is 2.25 bits per heavy atom. The van der Waals surface area contributed by atoms with Crippen LogP contribution in [0.25, 0.3) is 10.9 Å². The zero-order chi connectivity index (χ0) is 11.7. The van der Waals surface area contributed by atoms with E-state index in [-0.39, 0.29) is 0 Å². The van der Waals surface area contributed by atoms with Gasteiger partial charge in [-0.1, -0.05) is 11.6 Å². The first kappa shape index (κ1) is 11.5. The minimum atomic E-state index is -0.572. The van der Waals surface area contributed by atoms with Gasteiger partial charge in [0.05, 0.1) is 6.10 Å². The third kappa shape index (κ3) is 1.94. The van der Waals surface area contributed by atoms with Crippen molar-refractivity contribution in [2.75, 3.05) is 13.6 Å². The van der Waals surface area contributed by atoms with Crippen LogP contribution in [-0.2, 0) is 7.05 Å². The predicted octanol–water partition coefficient (Wildman–Crippen LogP) is 2.08. The van der Waals surface area contributed by atoms with E-state index in [9.17, 15) is 5.11 Å². The molecule has 0 saturated heterocycles. The summed E-state index contributed by atoms with van der Waals surface area (Å²) in [5, 5.41) is 14.6. The minimum Gasteiger partial charge on any atom is -0.387 e. The van der Waals surface area contributed by atoms with Gasteiger partial charge in [-0.2, -0.15) is 0 Å². The summed E-state index contributed by atoms with van der Waals surface area (Å²) in [4.78, 5) is 0. The van der Waals surface area contributed by atoms with Crippen molar-refractivity contribution < 1.29 is 5.11 Å². The average molecular weight is 239 g/mol. The summed E-state index contributed by atoms with van der Waals surface area (Å²) in [6, 6.07) is 5.85. The van der Waals surface area contributed by atoms with Gasteiger partial charge in [0, 0.05) is 41.3 Å². The van der Waals surface area contributed by atoms with Gasteiger partial charge in [-0.25, -0.2) is 0 Å². The van der Waals surface area contributed by atoms with Crippen LogP contribution in [0.3, 0.4) is 0 Å². The van der Waals surface area contributed by atoms with Crippen molar-refractivity contribution >= 4 is 22.5 Å². The van der Waals surface area contributed by atoms with E-state index in [1.807, 2.05) is 36.0 Å². The van der Waals surface area contributed by atoms with Gasteiger partial charge in [-0.05, 0) is 25.2 Å². The average Bonchev–Trinajstić information content (AvgIpc) is 2.59. The van der Waals surface area contributed by atoms with E-state index in [1.54, 1.807) is 7.05 Å². The Balaban J connectivity index is 2.52. The number of nitrogens with one attached hydrogen (secondary N) is 1. The topological polar surface area (TPSA) is 37.2 Å². The molecule has 0 amide bonds. The Bertz CT molecular complexity index is 507. The van der Waals surface area contributed by atoms with Gasteiger partial charge < -0.3 is 15.0 Å². The Hall–Kier alpha value is -1.03. The molecule has 2 N–H and O–H groups in total. The van der Waals surface area contributed by atoms with Crippen LogP contribution in [0.5, 0.6) is 0 Å². The highest BCUT2D eigenvalue weighted by molar-refractivity contribution is 6.32. The molecule has 0 spiro atoms. The summed E-state index contributed by atoms with van der Waals surface area (Å²) < 4.78 is 2.02. The van der Waals surface area contributed by atoms with Gasteiger partial charge in [0.15, 0.2) is 0 Å². The highest BCUT2D eigenvalue weighted by atomic mass is 35.5. The van der Waals surface area contributed by atoms with Gasteiger partial charge >= 0.3 is 0 Å². The SMILES string of the molecule is CNCC(O)c1cc2c(ccn2C)cc1Cl. The molecule has 0 aliphatic carbocycles. The number of likely N-dealkylation sites (N-methyl/N-ethyl adjacent to an activating group) is 1. The molecule has 0 aliphatic rings. The quantitative estimate of drug-likeness (QED) is 0.859. The van der Waals surface area contributed by atoms with E-state index >= 15 is 0 Å². The largest absolute Gasteiger partial charge is 0.387 e. The molecule has 0 radical (unpaired) electrons. The van der Waals surface area contributed by atoms with Crippen LogP contribution < -0.4 is 5.32 Å². The molecule has 1 unspecified atom stereocenters. The minimum absolute atomic E-state index is 0.496. The lowest BCUT2D eigenvalue weighted by molar-refractivity contribution is 0.178. The fourth-order valence-electron chi connectivity index (χ4n) is 1.86. The van der Waals surface area contributed by atoms with Crippen LogP contribution in [0.1, 0.15) is 11.7 Å². The highest BCUT2D eigenvalue weighted by Gasteiger charge is 2.12. The zero-order valence-electron chi connectivity index (χ0n) is 9.37. The number of fused-ring (bicyclic) bond motifs is 1. The molecular weight excluding hydrogens is 224 g/mol. The zero-order valence-corrected chi connectivity index (χ0v) is 10.1. The molecule has 16 heavy (non-hydrogen) atoms. The number of aliphatic hydroxyl groups excluding tert-OH is 1. The lowest BCUT2D eigenvalue weighted by Gasteiger charge is -2.12. The summed E-state index contributed by atoms with van der Waals surface area (Å²) in [5.74, 6) is 0. The van der Waals surface area contributed by atoms with Crippen LogP contribution >= 0.6 is 11.6 Å². The van der Waals surface area contributed by atoms with Crippen LogP contribution in [0.2, 0.25) is 5.02 Å². The van der Waals surface area contributed by atoms with Gasteiger partial charge in [0.1, 0.15) is 0 Å². The molecule has 4 heteroatoms. The molecule has 1 aromatic heterocycles. The number of hydrogen-bond donors (Lipinski definition) is 2. The standard InChI is InChI=1S/C12H15ClN2O/c1-14-7-12(16)9-6-11-8(5-10(9)13)3-4-15(11)2/h3-6,12,14,16H,7H2,1-2H3. The lowest BCUT2D eigenvalue weighted by Crippen LogP contribution is -2.17. The van der Waals surface area contributed by atoms with E-state index in [4.69, 9.17) is 11.6 Å². The molecule has 0 aliphatic heterocycles. The van der Waals surface area contributed by atoms with Crippen LogP contribution in [-0.4, -0.2) is 23.3 Å². The van der Waals surface area contributed by atoms with E-state index in [2.05, 4.69) is 5.32 Å². The smallest absolute Gasteiger partial charge is 0.0929 e. The van der Waals surface area contributed by atoms with Crippen molar-refractivity contribution in [1.29, 1.82) is 0 Å². The highest BCUT2D eigenvalue weighted by Crippen LogP contribution is 2.28. The second-order valence-electron chi connectivity index (χ2n) is 3.93. The summed E-state index contributed by atoms with van der Waals surface area (Å²) in [5.41, 5.74) is 1.85. The number of aryl methyl sites for hydroxylation is 1. The second-order valence-corrected chi connectivity index (χ2v) is 4.34. The number of halogens is 1. The Morgan fingerprint density at radius 3 is 2.94 bits per heavy atom. The van der Waals surface area contributed by atoms with Crippen molar-refractivity contribution in [3.8, 4) is 0 Å². The maximum Gasteiger partial charge on any atom is 0.0929 e. The summed E-state index contributed by atoms with van der Waals surface area (Å²) >= 11 is 6.15. The van der Waals surface area contributed by atoms with Crippen LogP contribution in [0.4, 0.5) is 0 Å². The molecule has 1 heterocycles. The third-order valence-corrected chi connectivity index (χ3v) is 3.09. The molecule has 2 rings (SSSR count). The van der Waals surface area contributed by atoms with E-state index in [0.29, 0.717) is 11.6 Å². The fourth-order valence-corrected chi connectivity index (χ4v) is 2.16. The molecule has 2 aromatic rings. The van der Waals surface area contributed by atoms with Crippen molar-refractivity contribution in [2.45, 2.75) is 6.10 Å². The van der Waals surface area contributed by atoms with Crippen molar-refractivity contribution in [3.63, 3.8) is 0 Å². The summed E-state index contributed by atoms with van der Waals surface area (Å²) in [6.45, 7) is 0.496. The number of nitrogens with zero attached hydrogens (tertiary/aromatic N) is 1.